The molecule has 0 unspecified atom stereocenters. The first-order valence-electron chi connectivity index (χ1n) is 5.46. The largest absolute Gasteiger partial charge is 0.496 e. The van der Waals surface area contributed by atoms with Crippen LogP contribution in [0.4, 0.5) is 23.7 Å². The highest BCUT2D eigenvalue weighted by Gasteiger charge is 2.31. The molecule has 1 aromatic rings. The molecular formula is C12H15F3N2O2. The molecule has 1 aromatic carbocycles. The van der Waals surface area contributed by atoms with Gasteiger partial charge in [0, 0.05) is 12.7 Å². The maximum Gasteiger partial charge on any atom is 0.406 e. The molecule has 0 saturated carbocycles. The minimum absolute atomic E-state index is 0.414. The molecule has 0 radical (unpaired) electrons. The quantitative estimate of drug-likeness (QED) is 0.922. The lowest BCUT2D eigenvalue weighted by molar-refractivity contribution is -0.137. The molecule has 19 heavy (non-hydrogen) atoms. The van der Waals surface area contributed by atoms with Gasteiger partial charge in [0.1, 0.15) is 12.3 Å². The van der Waals surface area contributed by atoms with E-state index in [0.29, 0.717) is 16.3 Å². The van der Waals surface area contributed by atoms with E-state index < -0.39 is 18.8 Å². The van der Waals surface area contributed by atoms with Crippen LogP contribution in [0.25, 0.3) is 0 Å². The number of urea groups is 1. The molecule has 0 heterocycles. The third-order valence-corrected chi connectivity index (χ3v) is 2.41. The molecule has 0 aliphatic heterocycles. The highest BCUT2D eigenvalue weighted by Crippen LogP contribution is 2.22. The molecule has 7 heteroatoms. The molecule has 0 aliphatic rings. The number of carbonyl (C=O) groups excluding carboxylic acids is 1. The number of ether oxygens (including phenoxy) is 1. The predicted molar refractivity (Wildman–Crippen MR) is 65.4 cm³/mol. The van der Waals surface area contributed by atoms with E-state index in [1.807, 2.05) is 0 Å². The lowest BCUT2D eigenvalue weighted by atomic mass is 10.2. The Morgan fingerprint density at radius 1 is 1.42 bits per heavy atom. The number of aryl methyl sites for hydroxylation is 1. The maximum absolute atomic E-state index is 12.1. The van der Waals surface area contributed by atoms with Crippen molar-refractivity contribution < 1.29 is 22.7 Å². The number of hydrogen-bond donors (Lipinski definition) is 1. The number of carbonyl (C=O) groups is 1. The van der Waals surface area contributed by atoms with Gasteiger partial charge in [0.2, 0.25) is 0 Å². The molecule has 0 fully saturated rings. The van der Waals surface area contributed by atoms with Crippen molar-refractivity contribution in [1.29, 1.82) is 0 Å². The van der Waals surface area contributed by atoms with E-state index in [1.54, 1.807) is 25.1 Å². The first-order valence-corrected chi connectivity index (χ1v) is 5.46. The van der Waals surface area contributed by atoms with Crippen LogP contribution >= 0.6 is 0 Å². The van der Waals surface area contributed by atoms with Crippen molar-refractivity contribution in [2.24, 2.45) is 0 Å². The molecule has 0 aromatic heterocycles. The fraction of sp³-hybridized carbons (Fsp3) is 0.417. The van der Waals surface area contributed by atoms with Crippen LogP contribution in [0.5, 0.6) is 5.75 Å². The molecule has 0 bridgehead atoms. The zero-order valence-corrected chi connectivity index (χ0v) is 10.8. The highest BCUT2D eigenvalue weighted by atomic mass is 19.4. The van der Waals surface area contributed by atoms with Crippen LogP contribution in [-0.4, -0.2) is 37.8 Å². The first-order chi connectivity index (χ1) is 8.73. The average molecular weight is 276 g/mol. The standard InChI is InChI=1S/C12H15F3N2O2/c1-8-6-9(4-5-10(8)19-3)16-11(18)17(2)7-12(13,14)15/h4-6H,7H2,1-3H3,(H,16,18). The van der Waals surface area contributed by atoms with Gasteiger partial charge in [-0.2, -0.15) is 13.2 Å². The van der Waals surface area contributed by atoms with Gasteiger partial charge < -0.3 is 15.0 Å². The molecule has 106 valence electrons. The smallest absolute Gasteiger partial charge is 0.406 e. The molecule has 1 rings (SSSR count). The predicted octanol–water partition coefficient (Wildman–Crippen LogP) is 3.03. The summed E-state index contributed by atoms with van der Waals surface area (Å²) in [7, 11) is 2.59. The number of amides is 2. The van der Waals surface area contributed by atoms with Crippen LogP contribution in [0.2, 0.25) is 0 Å². The van der Waals surface area contributed by atoms with Crippen LogP contribution in [0, 0.1) is 6.92 Å². The van der Waals surface area contributed by atoms with Gasteiger partial charge >= 0.3 is 12.2 Å². The van der Waals surface area contributed by atoms with Gasteiger partial charge in [-0.25, -0.2) is 4.79 Å². The van der Waals surface area contributed by atoms with Crippen molar-refractivity contribution in [1.82, 2.24) is 4.90 Å². The SMILES string of the molecule is COc1ccc(NC(=O)N(C)CC(F)(F)F)cc1C. The molecular weight excluding hydrogens is 261 g/mol. The number of halogens is 3. The summed E-state index contributed by atoms with van der Waals surface area (Å²) in [6.07, 6.45) is -4.41. The van der Waals surface area contributed by atoms with Crippen LogP contribution in [0.15, 0.2) is 18.2 Å². The van der Waals surface area contributed by atoms with Gasteiger partial charge in [-0.1, -0.05) is 0 Å². The van der Waals surface area contributed by atoms with Crippen molar-refractivity contribution in [3.8, 4) is 5.75 Å². The van der Waals surface area contributed by atoms with E-state index in [0.717, 1.165) is 12.6 Å². The summed E-state index contributed by atoms with van der Waals surface area (Å²) in [4.78, 5) is 12.1. The second-order valence-electron chi connectivity index (χ2n) is 4.09. The van der Waals surface area contributed by atoms with E-state index in [-0.39, 0.29) is 0 Å². The summed E-state index contributed by atoms with van der Waals surface area (Å²) in [6.45, 7) is 0.474. The Bertz CT molecular complexity index is 461. The molecule has 1 N–H and O–H groups in total. The van der Waals surface area contributed by atoms with E-state index in [9.17, 15) is 18.0 Å². The van der Waals surface area contributed by atoms with Crippen molar-refractivity contribution in [2.75, 3.05) is 26.0 Å². The second-order valence-corrected chi connectivity index (χ2v) is 4.09. The zero-order valence-electron chi connectivity index (χ0n) is 10.8. The topological polar surface area (TPSA) is 41.6 Å². The van der Waals surface area contributed by atoms with E-state index in [1.165, 1.54) is 7.11 Å². The summed E-state index contributed by atoms with van der Waals surface area (Å²) >= 11 is 0. The van der Waals surface area contributed by atoms with Crippen LogP contribution in [0.3, 0.4) is 0 Å². The van der Waals surface area contributed by atoms with Crippen molar-refractivity contribution >= 4 is 11.7 Å². The van der Waals surface area contributed by atoms with Crippen LogP contribution in [0.1, 0.15) is 5.56 Å². The van der Waals surface area contributed by atoms with E-state index >= 15 is 0 Å². The van der Waals surface area contributed by atoms with Crippen molar-refractivity contribution in [3.63, 3.8) is 0 Å². The molecule has 0 spiro atoms. The minimum Gasteiger partial charge on any atom is -0.496 e. The second kappa shape index (κ2) is 5.81. The molecule has 2 amide bonds. The molecule has 4 nitrogen and oxygen atoms in total. The van der Waals surface area contributed by atoms with Gasteiger partial charge in [-0.05, 0) is 30.7 Å². The monoisotopic (exact) mass is 276 g/mol. The minimum atomic E-state index is -4.41. The normalized spacial score (nSPS) is 11.1. The van der Waals surface area contributed by atoms with Gasteiger partial charge in [0.05, 0.1) is 7.11 Å². The highest BCUT2D eigenvalue weighted by molar-refractivity contribution is 5.89. The maximum atomic E-state index is 12.1. The van der Waals surface area contributed by atoms with E-state index in [4.69, 9.17) is 4.74 Å². The number of rotatable bonds is 3. The fourth-order valence-corrected chi connectivity index (χ4v) is 1.52. The van der Waals surface area contributed by atoms with Crippen molar-refractivity contribution in [2.45, 2.75) is 13.1 Å². The summed E-state index contributed by atoms with van der Waals surface area (Å²) in [5.74, 6) is 0.640. The number of methoxy groups -OCH3 is 1. The summed E-state index contributed by atoms with van der Waals surface area (Å²) in [5, 5.41) is 2.39. The third kappa shape index (κ3) is 4.69. The third-order valence-electron chi connectivity index (χ3n) is 2.41. The first kappa shape index (κ1) is 15.1. The summed E-state index contributed by atoms with van der Waals surface area (Å²) < 4.78 is 41.4. The number of hydrogen-bond acceptors (Lipinski definition) is 2. The zero-order chi connectivity index (χ0) is 14.6. The van der Waals surface area contributed by atoms with Crippen molar-refractivity contribution in [3.05, 3.63) is 23.8 Å². The number of nitrogens with zero attached hydrogens (tertiary/aromatic N) is 1. The van der Waals surface area contributed by atoms with Gasteiger partial charge in [0.15, 0.2) is 0 Å². The number of alkyl halides is 3. The Morgan fingerprint density at radius 3 is 2.53 bits per heavy atom. The Kier molecular flexibility index (Phi) is 4.63. The summed E-state index contributed by atoms with van der Waals surface area (Å²) in [6, 6.07) is 4.00. The molecule has 0 saturated heterocycles. The van der Waals surface area contributed by atoms with Gasteiger partial charge in [-0.3, -0.25) is 0 Å². The molecule has 0 atom stereocenters. The van der Waals surface area contributed by atoms with Gasteiger partial charge in [-0.15, -0.1) is 0 Å². The number of benzene rings is 1. The number of nitrogens with one attached hydrogen (secondary N) is 1. The summed E-state index contributed by atoms with van der Waals surface area (Å²) in [5.41, 5.74) is 1.19. The Morgan fingerprint density at radius 2 is 2.05 bits per heavy atom. The fourth-order valence-electron chi connectivity index (χ4n) is 1.52. The van der Waals surface area contributed by atoms with Crippen LogP contribution < -0.4 is 10.1 Å². The Balaban J connectivity index is 2.69. The molecule has 0 aliphatic carbocycles. The Labute approximate surface area is 109 Å². The van der Waals surface area contributed by atoms with E-state index in [2.05, 4.69) is 5.32 Å². The Hall–Kier alpha value is -1.92. The lowest BCUT2D eigenvalue weighted by Crippen LogP contribution is -2.38. The number of anilines is 1. The average Bonchev–Trinajstić information content (AvgIpc) is 2.27. The van der Waals surface area contributed by atoms with Crippen LogP contribution in [-0.2, 0) is 0 Å². The van der Waals surface area contributed by atoms with Gasteiger partial charge in [0.25, 0.3) is 0 Å². The lowest BCUT2D eigenvalue weighted by Gasteiger charge is -2.19.